The van der Waals surface area contributed by atoms with E-state index in [0.717, 1.165) is 36.4 Å². The number of amides is 1. The fourth-order valence-corrected chi connectivity index (χ4v) is 3.58. The first-order valence-corrected chi connectivity index (χ1v) is 9.04. The predicted molar refractivity (Wildman–Crippen MR) is 94.3 cm³/mol. The average Bonchev–Trinajstić information content (AvgIpc) is 2.79. The van der Waals surface area contributed by atoms with Gasteiger partial charge < -0.3 is 19.5 Å². The number of fused-ring (bicyclic) bond motifs is 3. The van der Waals surface area contributed by atoms with Gasteiger partial charge in [-0.1, -0.05) is 13.0 Å². The van der Waals surface area contributed by atoms with E-state index in [1.54, 1.807) is 0 Å². The molecular weight excluding hydrogens is 320 g/mol. The molecule has 0 saturated carbocycles. The topological polar surface area (TPSA) is 62.2 Å². The van der Waals surface area contributed by atoms with Crippen molar-refractivity contribution in [2.75, 3.05) is 40.0 Å². The highest BCUT2D eigenvalue weighted by Gasteiger charge is 2.37. The molecule has 6 nitrogen and oxygen atoms in total. The second-order valence-electron chi connectivity index (χ2n) is 6.98. The molecular formula is C19H28N2O4. The van der Waals surface area contributed by atoms with E-state index in [1.165, 1.54) is 0 Å². The molecule has 2 bridgehead atoms. The molecule has 0 radical (unpaired) electrons. The lowest BCUT2D eigenvalue weighted by Crippen LogP contribution is -2.42. The van der Waals surface area contributed by atoms with E-state index in [2.05, 4.69) is 11.8 Å². The minimum Gasteiger partial charge on any atom is -0.493 e. The summed E-state index contributed by atoms with van der Waals surface area (Å²) < 4.78 is 11.3. The van der Waals surface area contributed by atoms with E-state index in [1.807, 2.05) is 30.1 Å². The van der Waals surface area contributed by atoms with Crippen LogP contribution in [0.5, 0.6) is 5.75 Å². The molecule has 1 aromatic rings. The number of ether oxygens (including phenoxy) is 2. The standard InChI is InChI=1S/C19H28N2O4/c1-3-6-25-18-5-4-14(7-15(18)11-22)8-21-9-16-12-24-13-17(10-21)20(2)19(16)23/h4-5,7,16-17,22H,3,6,8-13H2,1-2H3/t16-,17+/m1/s1. The zero-order valence-corrected chi connectivity index (χ0v) is 15.1. The van der Waals surface area contributed by atoms with Crippen LogP contribution in [0.15, 0.2) is 18.2 Å². The van der Waals surface area contributed by atoms with Gasteiger partial charge in [0.1, 0.15) is 5.75 Å². The summed E-state index contributed by atoms with van der Waals surface area (Å²) in [6.45, 7) is 6.05. The molecule has 0 aromatic heterocycles. The fraction of sp³-hybridized carbons (Fsp3) is 0.632. The van der Waals surface area contributed by atoms with Gasteiger partial charge in [0.25, 0.3) is 0 Å². The number of benzene rings is 1. The molecule has 6 heteroatoms. The molecule has 2 fully saturated rings. The normalized spacial score (nSPS) is 24.3. The van der Waals surface area contributed by atoms with Gasteiger partial charge in [0.05, 0.1) is 38.4 Å². The van der Waals surface area contributed by atoms with Crippen LogP contribution in [0.25, 0.3) is 0 Å². The molecule has 1 aromatic carbocycles. The lowest BCUT2D eigenvalue weighted by molar-refractivity contribution is -0.133. The number of aliphatic hydroxyl groups is 1. The lowest BCUT2D eigenvalue weighted by atomic mass is 10.1. The van der Waals surface area contributed by atoms with Gasteiger partial charge in [-0.05, 0) is 24.1 Å². The molecule has 0 spiro atoms. The number of hydrogen-bond donors (Lipinski definition) is 1. The molecule has 2 heterocycles. The van der Waals surface area contributed by atoms with Crippen LogP contribution in [-0.2, 0) is 22.7 Å². The highest BCUT2D eigenvalue weighted by atomic mass is 16.5. The summed E-state index contributed by atoms with van der Waals surface area (Å²) in [6, 6.07) is 6.10. The molecule has 2 aliphatic heterocycles. The van der Waals surface area contributed by atoms with Crippen LogP contribution in [0.1, 0.15) is 24.5 Å². The number of carbonyl (C=O) groups is 1. The maximum Gasteiger partial charge on any atom is 0.229 e. The van der Waals surface area contributed by atoms with Crippen LogP contribution in [0, 0.1) is 5.92 Å². The highest BCUT2D eigenvalue weighted by Crippen LogP contribution is 2.24. The Kier molecular flexibility index (Phi) is 5.93. The monoisotopic (exact) mass is 348 g/mol. The van der Waals surface area contributed by atoms with Crippen molar-refractivity contribution in [1.29, 1.82) is 0 Å². The highest BCUT2D eigenvalue weighted by molar-refractivity contribution is 5.79. The number of nitrogens with zero attached hydrogens (tertiary/aromatic N) is 2. The van der Waals surface area contributed by atoms with E-state index < -0.39 is 0 Å². The van der Waals surface area contributed by atoms with Crippen LogP contribution in [0.3, 0.4) is 0 Å². The largest absolute Gasteiger partial charge is 0.493 e. The SMILES string of the molecule is CCCOc1ccc(CN2C[C@@H]3COC[C@H](C2)N(C)C3=O)cc1CO. The van der Waals surface area contributed by atoms with Gasteiger partial charge in [-0.15, -0.1) is 0 Å². The third-order valence-electron chi connectivity index (χ3n) is 4.98. The van der Waals surface area contributed by atoms with Crippen LogP contribution >= 0.6 is 0 Å². The molecule has 1 amide bonds. The Hall–Kier alpha value is -1.63. The van der Waals surface area contributed by atoms with Gasteiger partial charge >= 0.3 is 0 Å². The lowest BCUT2D eigenvalue weighted by Gasteiger charge is -2.29. The van der Waals surface area contributed by atoms with Gasteiger partial charge in [-0.2, -0.15) is 0 Å². The predicted octanol–water partition coefficient (Wildman–Crippen LogP) is 1.26. The average molecular weight is 348 g/mol. The van der Waals surface area contributed by atoms with Crippen molar-refractivity contribution < 1.29 is 19.4 Å². The Labute approximate surface area is 149 Å². The molecule has 2 atom stereocenters. The first kappa shape index (κ1) is 18.2. The van der Waals surface area contributed by atoms with Gasteiger partial charge in [-0.25, -0.2) is 0 Å². The van der Waals surface area contributed by atoms with E-state index in [-0.39, 0.29) is 24.5 Å². The summed E-state index contributed by atoms with van der Waals surface area (Å²) in [7, 11) is 1.88. The minimum absolute atomic E-state index is 0.0345. The third-order valence-corrected chi connectivity index (χ3v) is 4.98. The molecule has 3 rings (SSSR count). The van der Waals surface area contributed by atoms with Crippen molar-refractivity contribution >= 4 is 5.91 Å². The Balaban J connectivity index is 1.72. The fourth-order valence-electron chi connectivity index (χ4n) is 3.58. The maximum atomic E-state index is 12.4. The molecule has 1 N–H and O–H groups in total. The van der Waals surface area contributed by atoms with Crippen LogP contribution in [-0.4, -0.2) is 66.8 Å². The Morgan fingerprint density at radius 1 is 1.32 bits per heavy atom. The number of carbonyl (C=O) groups excluding carboxylic acids is 1. The zero-order chi connectivity index (χ0) is 17.8. The number of likely N-dealkylation sites (N-methyl/N-ethyl adjacent to an activating group) is 1. The molecule has 2 aliphatic rings. The van der Waals surface area contributed by atoms with Crippen LogP contribution in [0.2, 0.25) is 0 Å². The number of rotatable bonds is 6. The summed E-state index contributed by atoms with van der Waals surface area (Å²) in [5.41, 5.74) is 1.95. The van der Waals surface area contributed by atoms with E-state index in [0.29, 0.717) is 26.4 Å². The molecule has 2 saturated heterocycles. The second kappa shape index (κ2) is 8.17. The summed E-state index contributed by atoms with van der Waals surface area (Å²) in [4.78, 5) is 16.6. The van der Waals surface area contributed by atoms with Crippen molar-refractivity contribution in [3.8, 4) is 5.75 Å². The van der Waals surface area contributed by atoms with Crippen LogP contribution < -0.4 is 4.74 Å². The minimum atomic E-state index is -0.0954. The molecule has 0 aliphatic carbocycles. The Bertz CT molecular complexity index is 607. The van der Waals surface area contributed by atoms with E-state index in [9.17, 15) is 9.90 Å². The Morgan fingerprint density at radius 3 is 2.92 bits per heavy atom. The first-order chi connectivity index (χ1) is 12.1. The van der Waals surface area contributed by atoms with Crippen molar-refractivity contribution in [1.82, 2.24) is 9.80 Å². The van der Waals surface area contributed by atoms with Crippen molar-refractivity contribution in [2.45, 2.75) is 32.5 Å². The van der Waals surface area contributed by atoms with Crippen LogP contribution in [0.4, 0.5) is 0 Å². The van der Waals surface area contributed by atoms with Gasteiger partial charge in [0, 0.05) is 32.2 Å². The summed E-state index contributed by atoms with van der Waals surface area (Å²) in [5.74, 6) is 0.843. The molecule has 25 heavy (non-hydrogen) atoms. The zero-order valence-electron chi connectivity index (χ0n) is 15.1. The van der Waals surface area contributed by atoms with Crippen molar-refractivity contribution in [3.63, 3.8) is 0 Å². The second-order valence-corrected chi connectivity index (χ2v) is 6.98. The number of aliphatic hydroxyl groups excluding tert-OH is 1. The molecule has 138 valence electrons. The van der Waals surface area contributed by atoms with Gasteiger partial charge in [0.2, 0.25) is 5.91 Å². The van der Waals surface area contributed by atoms with Gasteiger partial charge in [0.15, 0.2) is 0 Å². The Morgan fingerprint density at radius 2 is 2.16 bits per heavy atom. The third kappa shape index (κ3) is 4.14. The smallest absolute Gasteiger partial charge is 0.229 e. The van der Waals surface area contributed by atoms with Gasteiger partial charge in [-0.3, -0.25) is 9.69 Å². The van der Waals surface area contributed by atoms with Crippen molar-refractivity contribution in [2.24, 2.45) is 5.92 Å². The maximum absolute atomic E-state index is 12.4. The summed E-state index contributed by atoms with van der Waals surface area (Å²) >= 11 is 0. The quantitative estimate of drug-likeness (QED) is 0.839. The molecule has 0 unspecified atom stereocenters. The summed E-state index contributed by atoms with van der Waals surface area (Å²) in [6.07, 6.45) is 0.937. The van der Waals surface area contributed by atoms with E-state index in [4.69, 9.17) is 9.47 Å². The first-order valence-electron chi connectivity index (χ1n) is 9.04. The van der Waals surface area contributed by atoms with E-state index >= 15 is 0 Å². The summed E-state index contributed by atoms with van der Waals surface area (Å²) in [5, 5.41) is 9.63. The van der Waals surface area contributed by atoms with Crippen molar-refractivity contribution in [3.05, 3.63) is 29.3 Å². The number of hydrogen-bond acceptors (Lipinski definition) is 5.